The fourth-order valence-electron chi connectivity index (χ4n) is 2.14. The molecule has 0 aliphatic heterocycles. The van der Waals surface area contributed by atoms with Gasteiger partial charge in [-0.3, -0.25) is 9.59 Å². The molecule has 24 heavy (non-hydrogen) atoms. The predicted octanol–water partition coefficient (Wildman–Crippen LogP) is 5.13. The van der Waals surface area contributed by atoms with Gasteiger partial charge in [0.15, 0.2) is 0 Å². The van der Waals surface area contributed by atoms with Crippen molar-refractivity contribution in [2.45, 2.75) is 78.1 Å². The molecule has 0 aliphatic carbocycles. The van der Waals surface area contributed by atoms with Crippen molar-refractivity contribution in [2.24, 2.45) is 0 Å². The van der Waals surface area contributed by atoms with E-state index in [1.807, 2.05) is 26.0 Å². The minimum absolute atomic E-state index is 0.110. The van der Waals surface area contributed by atoms with E-state index in [-0.39, 0.29) is 24.8 Å². The number of unbranched alkanes of at least 4 members (excludes halogenated alkanes) is 6. The van der Waals surface area contributed by atoms with Crippen LogP contribution < -0.4 is 0 Å². The van der Waals surface area contributed by atoms with Gasteiger partial charge in [-0.25, -0.2) is 0 Å². The quantitative estimate of drug-likeness (QED) is 0.236. The third kappa shape index (κ3) is 16.8. The first-order valence-electron chi connectivity index (χ1n) is 9.24. The van der Waals surface area contributed by atoms with Crippen LogP contribution in [-0.4, -0.2) is 25.2 Å². The monoisotopic (exact) mass is 338 g/mol. The number of esters is 2. The van der Waals surface area contributed by atoms with Crippen LogP contribution in [0.15, 0.2) is 24.3 Å². The van der Waals surface area contributed by atoms with Gasteiger partial charge in [0.1, 0.15) is 0 Å². The molecule has 0 rings (SSSR count). The standard InChI is InChI=1S/C20H34O4/c1-3-5-7-9-11-13-17-23-19(21)15-16-20(22)24-18-14-12-10-8-6-4-2/h3-6H,7-18H2,1-2H3. The largest absolute Gasteiger partial charge is 0.466 e. The van der Waals surface area contributed by atoms with E-state index in [9.17, 15) is 9.59 Å². The fourth-order valence-corrected chi connectivity index (χ4v) is 2.14. The smallest absolute Gasteiger partial charge is 0.306 e. The maximum absolute atomic E-state index is 11.5. The van der Waals surface area contributed by atoms with E-state index >= 15 is 0 Å². The van der Waals surface area contributed by atoms with Crippen LogP contribution >= 0.6 is 0 Å². The minimum atomic E-state index is -0.313. The van der Waals surface area contributed by atoms with Crippen LogP contribution in [0.4, 0.5) is 0 Å². The molecule has 0 saturated heterocycles. The molecular formula is C20H34O4. The summed E-state index contributed by atoms with van der Waals surface area (Å²) in [4.78, 5) is 23.0. The van der Waals surface area contributed by atoms with Gasteiger partial charge in [0.05, 0.1) is 26.1 Å². The average Bonchev–Trinajstić information content (AvgIpc) is 2.58. The van der Waals surface area contributed by atoms with Gasteiger partial charge in [0.25, 0.3) is 0 Å². The molecule has 4 nitrogen and oxygen atoms in total. The summed E-state index contributed by atoms with van der Waals surface area (Å²) in [5.74, 6) is -0.626. The molecular weight excluding hydrogens is 304 g/mol. The number of allylic oxidation sites excluding steroid dienone is 4. The van der Waals surface area contributed by atoms with E-state index in [4.69, 9.17) is 9.47 Å². The number of hydrogen-bond donors (Lipinski definition) is 0. The molecule has 0 aromatic carbocycles. The summed E-state index contributed by atoms with van der Waals surface area (Å²) in [6.45, 7) is 4.90. The molecule has 0 N–H and O–H groups in total. The zero-order valence-electron chi connectivity index (χ0n) is 15.4. The van der Waals surface area contributed by atoms with E-state index in [0.717, 1.165) is 51.4 Å². The Morgan fingerprint density at radius 3 is 1.46 bits per heavy atom. The first kappa shape index (κ1) is 22.4. The van der Waals surface area contributed by atoms with E-state index in [0.29, 0.717) is 13.2 Å². The van der Waals surface area contributed by atoms with Crippen LogP contribution in [0.1, 0.15) is 78.1 Å². The van der Waals surface area contributed by atoms with Crippen LogP contribution in [0.25, 0.3) is 0 Å². The van der Waals surface area contributed by atoms with E-state index in [2.05, 4.69) is 12.2 Å². The molecule has 0 aliphatic rings. The molecule has 0 saturated carbocycles. The fraction of sp³-hybridized carbons (Fsp3) is 0.700. The van der Waals surface area contributed by atoms with Crippen molar-refractivity contribution >= 4 is 11.9 Å². The second kappa shape index (κ2) is 17.8. The van der Waals surface area contributed by atoms with Crippen LogP contribution in [0.3, 0.4) is 0 Å². The maximum Gasteiger partial charge on any atom is 0.306 e. The number of ether oxygens (including phenoxy) is 2. The van der Waals surface area contributed by atoms with Gasteiger partial charge >= 0.3 is 11.9 Å². The summed E-state index contributed by atoms with van der Waals surface area (Å²) < 4.78 is 10.2. The average molecular weight is 338 g/mol. The maximum atomic E-state index is 11.5. The molecule has 0 bridgehead atoms. The lowest BCUT2D eigenvalue weighted by molar-refractivity contribution is -0.150. The molecule has 0 radical (unpaired) electrons. The molecule has 0 heterocycles. The Kier molecular flexibility index (Phi) is 16.6. The first-order valence-corrected chi connectivity index (χ1v) is 9.24. The van der Waals surface area contributed by atoms with Gasteiger partial charge in [0.2, 0.25) is 0 Å². The molecule has 0 unspecified atom stereocenters. The lowest BCUT2D eigenvalue weighted by atomic mass is 10.2. The Morgan fingerprint density at radius 1 is 0.667 bits per heavy atom. The second-order valence-corrected chi connectivity index (χ2v) is 5.78. The zero-order valence-corrected chi connectivity index (χ0v) is 15.4. The summed E-state index contributed by atoms with van der Waals surface area (Å²) in [5, 5.41) is 0. The van der Waals surface area contributed by atoms with Crippen molar-refractivity contribution in [2.75, 3.05) is 13.2 Å². The van der Waals surface area contributed by atoms with Crippen LogP contribution in [0.5, 0.6) is 0 Å². The van der Waals surface area contributed by atoms with Crippen molar-refractivity contribution in [1.82, 2.24) is 0 Å². The van der Waals surface area contributed by atoms with Crippen molar-refractivity contribution < 1.29 is 19.1 Å². The predicted molar refractivity (Wildman–Crippen MR) is 97.7 cm³/mol. The van der Waals surface area contributed by atoms with E-state index in [1.165, 1.54) is 0 Å². The van der Waals surface area contributed by atoms with Gasteiger partial charge in [-0.05, 0) is 65.2 Å². The van der Waals surface area contributed by atoms with Gasteiger partial charge < -0.3 is 9.47 Å². The molecule has 0 aromatic heterocycles. The SMILES string of the molecule is CC=CCCCCCOC(=O)CCC(=O)OCCCCCC=CC. The molecule has 138 valence electrons. The summed E-state index contributed by atoms with van der Waals surface area (Å²) in [7, 11) is 0. The van der Waals surface area contributed by atoms with Gasteiger partial charge in [-0.2, -0.15) is 0 Å². The molecule has 0 atom stereocenters. The number of carbonyl (C=O) groups is 2. The second-order valence-electron chi connectivity index (χ2n) is 5.78. The Balaban J connectivity index is 3.40. The Morgan fingerprint density at radius 2 is 1.08 bits per heavy atom. The number of rotatable bonds is 15. The van der Waals surface area contributed by atoms with Crippen molar-refractivity contribution in [3.63, 3.8) is 0 Å². The third-order valence-corrected chi connectivity index (χ3v) is 3.56. The highest BCUT2D eigenvalue weighted by Gasteiger charge is 2.08. The molecule has 0 aromatic rings. The van der Waals surface area contributed by atoms with E-state index in [1.54, 1.807) is 0 Å². The highest BCUT2D eigenvalue weighted by Crippen LogP contribution is 2.04. The minimum Gasteiger partial charge on any atom is -0.466 e. The molecule has 0 spiro atoms. The van der Waals surface area contributed by atoms with Crippen molar-refractivity contribution in [1.29, 1.82) is 0 Å². The van der Waals surface area contributed by atoms with Gasteiger partial charge in [0, 0.05) is 0 Å². The highest BCUT2D eigenvalue weighted by atomic mass is 16.5. The van der Waals surface area contributed by atoms with Crippen molar-refractivity contribution in [3.8, 4) is 0 Å². The van der Waals surface area contributed by atoms with Crippen LogP contribution in [0, 0.1) is 0 Å². The summed E-state index contributed by atoms with van der Waals surface area (Å²) in [6.07, 6.45) is 16.8. The summed E-state index contributed by atoms with van der Waals surface area (Å²) in [5.41, 5.74) is 0. The Hall–Kier alpha value is -1.58. The highest BCUT2D eigenvalue weighted by molar-refractivity contribution is 5.77. The van der Waals surface area contributed by atoms with E-state index < -0.39 is 0 Å². The molecule has 4 heteroatoms. The van der Waals surface area contributed by atoms with Crippen LogP contribution in [-0.2, 0) is 19.1 Å². The third-order valence-electron chi connectivity index (χ3n) is 3.56. The summed E-state index contributed by atoms with van der Waals surface area (Å²) in [6, 6.07) is 0. The van der Waals surface area contributed by atoms with Crippen LogP contribution in [0.2, 0.25) is 0 Å². The number of hydrogen-bond acceptors (Lipinski definition) is 4. The Labute approximate surface area is 147 Å². The zero-order chi connectivity index (χ0) is 17.9. The Bertz CT molecular complexity index is 336. The first-order chi connectivity index (χ1) is 11.7. The lowest BCUT2D eigenvalue weighted by Gasteiger charge is -2.06. The number of carbonyl (C=O) groups excluding carboxylic acids is 2. The summed E-state index contributed by atoms with van der Waals surface area (Å²) >= 11 is 0. The van der Waals surface area contributed by atoms with Crippen molar-refractivity contribution in [3.05, 3.63) is 24.3 Å². The van der Waals surface area contributed by atoms with Gasteiger partial charge in [-0.15, -0.1) is 0 Å². The van der Waals surface area contributed by atoms with Gasteiger partial charge in [-0.1, -0.05) is 24.3 Å². The molecule has 0 fully saturated rings. The lowest BCUT2D eigenvalue weighted by Crippen LogP contribution is -2.11. The molecule has 0 amide bonds. The topological polar surface area (TPSA) is 52.6 Å². The normalized spacial score (nSPS) is 11.2.